The van der Waals surface area contributed by atoms with Crippen LogP contribution in [0.3, 0.4) is 0 Å². The second-order valence-corrected chi connectivity index (χ2v) is 5.43. The quantitative estimate of drug-likeness (QED) is 0.895. The molecule has 0 bridgehead atoms. The predicted octanol–water partition coefficient (Wildman–Crippen LogP) is 3.92. The molecule has 0 amide bonds. The highest BCUT2D eigenvalue weighted by atomic mass is 79.9. The van der Waals surface area contributed by atoms with E-state index in [0.717, 1.165) is 15.8 Å². The van der Waals surface area contributed by atoms with Gasteiger partial charge in [0.2, 0.25) is 0 Å². The van der Waals surface area contributed by atoms with Gasteiger partial charge in [0.15, 0.2) is 0 Å². The van der Waals surface area contributed by atoms with Gasteiger partial charge in [0, 0.05) is 5.92 Å². The van der Waals surface area contributed by atoms with Crippen LogP contribution in [0, 0.1) is 5.82 Å². The summed E-state index contributed by atoms with van der Waals surface area (Å²) in [5.41, 5.74) is 1.56. The number of methoxy groups -OCH3 is 1. The Kier molecular flexibility index (Phi) is 5.15. The van der Waals surface area contributed by atoms with Crippen molar-refractivity contribution in [1.82, 2.24) is 0 Å². The van der Waals surface area contributed by atoms with Crippen molar-refractivity contribution in [3.8, 4) is 5.75 Å². The zero-order valence-electron chi connectivity index (χ0n) is 11.1. The Morgan fingerprint density at radius 3 is 2.60 bits per heavy atom. The molecule has 4 heteroatoms. The normalized spacial score (nSPS) is 12.2. The molecule has 106 valence electrons. The monoisotopic (exact) mass is 338 g/mol. The molecule has 1 atom stereocenters. The summed E-state index contributed by atoms with van der Waals surface area (Å²) in [5.74, 6) is 0.218. The number of hydrogen-bond donors (Lipinski definition) is 1. The second-order valence-electron chi connectivity index (χ2n) is 4.57. The third kappa shape index (κ3) is 3.38. The number of halogens is 2. The highest BCUT2D eigenvalue weighted by molar-refractivity contribution is 9.10. The number of aliphatic hydroxyl groups excluding tert-OH is 1. The zero-order chi connectivity index (χ0) is 14.5. The summed E-state index contributed by atoms with van der Waals surface area (Å²) >= 11 is 3.43. The Morgan fingerprint density at radius 2 is 2.00 bits per heavy atom. The Balaban J connectivity index is 2.23. The minimum atomic E-state index is -0.279. The molecule has 0 fully saturated rings. The van der Waals surface area contributed by atoms with Crippen molar-refractivity contribution >= 4 is 15.9 Å². The maximum atomic E-state index is 13.8. The van der Waals surface area contributed by atoms with Gasteiger partial charge in [-0.05, 0) is 51.7 Å². The van der Waals surface area contributed by atoms with Gasteiger partial charge in [0.05, 0.1) is 18.2 Å². The number of ether oxygens (including phenoxy) is 1. The molecule has 1 unspecified atom stereocenters. The van der Waals surface area contributed by atoms with Crippen LogP contribution in [0.5, 0.6) is 5.75 Å². The van der Waals surface area contributed by atoms with Crippen LogP contribution in [0.1, 0.15) is 17.0 Å². The lowest BCUT2D eigenvalue weighted by molar-refractivity contribution is 0.261. The van der Waals surface area contributed by atoms with Crippen LogP contribution in [-0.2, 0) is 6.42 Å². The average molecular weight is 339 g/mol. The van der Waals surface area contributed by atoms with Crippen LogP contribution in [0.2, 0.25) is 0 Å². The summed E-state index contributed by atoms with van der Waals surface area (Å²) in [6.45, 7) is -0.0927. The van der Waals surface area contributed by atoms with E-state index >= 15 is 0 Å². The van der Waals surface area contributed by atoms with Gasteiger partial charge >= 0.3 is 0 Å². The minimum absolute atomic E-state index is 0.0927. The van der Waals surface area contributed by atoms with Gasteiger partial charge in [0.1, 0.15) is 11.6 Å². The van der Waals surface area contributed by atoms with E-state index in [4.69, 9.17) is 4.74 Å². The van der Waals surface area contributed by atoms with Crippen LogP contribution >= 0.6 is 15.9 Å². The first kappa shape index (κ1) is 15.0. The topological polar surface area (TPSA) is 29.5 Å². The van der Waals surface area contributed by atoms with Crippen LogP contribution in [-0.4, -0.2) is 18.8 Å². The summed E-state index contributed by atoms with van der Waals surface area (Å²) < 4.78 is 19.8. The van der Waals surface area contributed by atoms with Gasteiger partial charge in [-0.1, -0.05) is 24.3 Å². The molecule has 0 aliphatic carbocycles. The molecule has 1 N–H and O–H groups in total. The highest BCUT2D eigenvalue weighted by Crippen LogP contribution is 2.29. The van der Waals surface area contributed by atoms with E-state index < -0.39 is 0 Å². The van der Waals surface area contributed by atoms with Crippen molar-refractivity contribution in [2.24, 2.45) is 0 Å². The van der Waals surface area contributed by atoms with Crippen molar-refractivity contribution in [2.45, 2.75) is 12.3 Å². The molecule has 2 aromatic rings. The molecule has 0 aliphatic heterocycles. The standard InChI is InChI=1S/C16H16BrFO2/c1-20-16-7-6-11(9-14(16)17)8-12(10-19)13-4-2-3-5-15(13)18/h2-7,9,12,19H,8,10H2,1H3. The van der Waals surface area contributed by atoms with E-state index in [-0.39, 0.29) is 18.3 Å². The van der Waals surface area contributed by atoms with E-state index in [1.54, 1.807) is 25.3 Å². The largest absolute Gasteiger partial charge is 0.496 e. The first-order valence-electron chi connectivity index (χ1n) is 6.33. The van der Waals surface area contributed by atoms with Crippen molar-refractivity contribution in [2.75, 3.05) is 13.7 Å². The molecule has 0 heterocycles. The lowest BCUT2D eigenvalue weighted by Gasteiger charge is -2.16. The number of hydrogen-bond acceptors (Lipinski definition) is 2. The number of benzene rings is 2. The fraction of sp³-hybridized carbons (Fsp3) is 0.250. The molecule has 2 aromatic carbocycles. The van der Waals surface area contributed by atoms with Gasteiger partial charge < -0.3 is 9.84 Å². The Morgan fingerprint density at radius 1 is 1.25 bits per heavy atom. The van der Waals surface area contributed by atoms with E-state index in [0.29, 0.717) is 12.0 Å². The zero-order valence-corrected chi connectivity index (χ0v) is 12.7. The molecular formula is C16H16BrFO2. The fourth-order valence-electron chi connectivity index (χ4n) is 2.20. The molecule has 0 saturated carbocycles. The lowest BCUT2D eigenvalue weighted by Crippen LogP contribution is -2.09. The molecule has 0 aromatic heterocycles. The van der Waals surface area contributed by atoms with Gasteiger partial charge in [-0.25, -0.2) is 4.39 Å². The smallest absolute Gasteiger partial charge is 0.133 e. The first-order chi connectivity index (χ1) is 9.65. The van der Waals surface area contributed by atoms with E-state index in [2.05, 4.69) is 15.9 Å². The third-order valence-corrected chi connectivity index (χ3v) is 3.88. The van der Waals surface area contributed by atoms with Crippen LogP contribution in [0.15, 0.2) is 46.9 Å². The van der Waals surface area contributed by atoms with Gasteiger partial charge in [0.25, 0.3) is 0 Å². The summed E-state index contributed by atoms with van der Waals surface area (Å²) in [5, 5.41) is 9.53. The van der Waals surface area contributed by atoms with E-state index in [1.165, 1.54) is 6.07 Å². The summed E-state index contributed by atoms with van der Waals surface area (Å²) in [6, 6.07) is 12.3. The number of rotatable bonds is 5. The van der Waals surface area contributed by atoms with Crippen molar-refractivity contribution < 1.29 is 14.2 Å². The summed E-state index contributed by atoms with van der Waals surface area (Å²) in [4.78, 5) is 0. The molecule has 0 saturated heterocycles. The minimum Gasteiger partial charge on any atom is -0.496 e. The Labute approximate surface area is 126 Å². The summed E-state index contributed by atoms with van der Waals surface area (Å²) in [6.07, 6.45) is 0.569. The molecule has 0 aliphatic rings. The fourth-order valence-corrected chi connectivity index (χ4v) is 2.79. The molecular weight excluding hydrogens is 323 g/mol. The molecule has 20 heavy (non-hydrogen) atoms. The highest BCUT2D eigenvalue weighted by Gasteiger charge is 2.15. The maximum Gasteiger partial charge on any atom is 0.133 e. The molecule has 0 spiro atoms. The second kappa shape index (κ2) is 6.86. The van der Waals surface area contributed by atoms with Crippen molar-refractivity contribution in [3.05, 3.63) is 63.9 Å². The van der Waals surface area contributed by atoms with Crippen LogP contribution in [0.25, 0.3) is 0 Å². The average Bonchev–Trinajstić information content (AvgIpc) is 2.46. The molecule has 2 rings (SSSR count). The van der Waals surface area contributed by atoms with Gasteiger partial charge in [-0.3, -0.25) is 0 Å². The van der Waals surface area contributed by atoms with Crippen LogP contribution < -0.4 is 4.74 Å². The maximum absolute atomic E-state index is 13.8. The number of aliphatic hydroxyl groups is 1. The molecule has 0 radical (unpaired) electrons. The Hall–Kier alpha value is -1.39. The first-order valence-corrected chi connectivity index (χ1v) is 7.12. The Bertz CT molecular complexity index is 586. The van der Waals surface area contributed by atoms with E-state index in [1.807, 2.05) is 18.2 Å². The van der Waals surface area contributed by atoms with Crippen molar-refractivity contribution in [1.29, 1.82) is 0 Å². The SMILES string of the molecule is COc1ccc(CC(CO)c2ccccc2F)cc1Br. The lowest BCUT2D eigenvalue weighted by atomic mass is 9.92. The molecule has 2 nitrogen and oxygen atoms in total. The van der Waals surface area contributed by atoms with Crippen LogP contribution in [0.4, 0.5) is 4.39 Å². The van der Waals surface area contributed by atoms with Crippen molar-refractivity contribution in [3.63, 3.8) is 0 Å². The predicted molar refractivity (Wildman–Crippen MR) is 80.6 cm³/mol. The summed E-state index contributed by atoms with van der Waals surface area (Å²) in [7, 11) is 1.61. The van der Waals surface area contributed by atoms with Gasteiger partial charge in [-0.15, -0.1) is 0 Å². The third-order valence-electron chi connectivity index (χ3n) is 3.26. The van der Waals surface area contributed by atoms with Gasteiger partial charge in [-0.2, -0.15) is 0 Å². The van der Waals surface area contributed by atoms with E-state index in [9.17, 15) is 9.50 Å².